The van der Waals surface area contributed by atoms with Gasteiger partial charge in [-0.2, -0.15) is 0 Å². The number of rotatable bonds is 7. The predicted molar refractivity (Wildman–Crippen MR) is 113 cm³/mol. The van der Waals surface area contributed by atoms with Gasteiger partial charge in [-0.3, -0.25) is 14.6 Å². The second-order valence-electron chi connectivity index (χ2n) is 8.23. The van der Waals surface area contributed by atoms with E-state index in [9.17, 15) is 4.79 Å². The van der Waals surface area contributed by atoms with Gasteiger partial charge in [-0.1, -0.05) is 60.7 Å². The van der Waals surface area contributed by atoms with Crippen molar-refractivity contribution >= 4 is 5.91 Å². The van der Waals surface area contributed by atoms with Gasteiger partial charge >= 0.3 is 0 Å². The number of carbonyl (C=O) groups excluding carboxylic acids is 1. The first-order chi connectivity index (χ1) is 13.7. The van der Waals surface area contributed by atoms with Crippen molar-refractivity contribution in [1.29, 1.82) is 0 Å². The second kappa shape index (κ2) is 8.89. The van der Waals surface area contributed by atoms with Crippen molar-refractivity contribution < 1.29 is 4.79 Å². The zero-order valence-electron chi connectivity index (χ0n) is 16.8. The number of hydrogen-bond acceptors (Lipinski definition) is 3. The molecule has 0 radical (unpaired) electrons. The van der Waals surface area contributed by atoms with E-state index in [1.165, 1.54) is 24.0 Å². The summed E-state index contributed by atoms with van der Waals surface area (Å²) in [6.45, 7) is 6.46. The lowest BCUT2D eigenvalue weighted by atomic mass is 9.96. The van der Waals surface area contributed by atoms with E-state index in [1.54, 1.807) is 0 Å². The number of amides is 1. The van der Waals surface area contributed by atoms with E-state index < -0.39 is 0 Å². The molecule has 2 aliphatic rings. The molecule has 1 atom stereocenters. The van der Waals surface area contributed by atoms with E-state index in [2.05, 4.69) is 82.7 Å². The maximum Gasteiger partial charge on any atom is 0.234 e. The van der Waals surface area contributed by atoms with Gasteiger partial charge in [-0.05, 0) is 36.8 Å². The molecule has 1 amide bonds. The van der Waals surface area contributed by atoms with Gasteiger partial charge in [0.15, 0.2) is 0 Å². The molecule has 28 heavy (non-hydrogen) atoms. The summed E-state index contributed by atoms with van der Waals surface area (Å²) in [6, 6.07) is 22.1. The summed E-state index contributed by atoms with van der Waals surface area (Å²) in [4.78, 5) is 17.2. The molecular formula is C24H31N3O. The van der Waals surface area contributed by atoms with Gasteiger partial charge in [-0.15, -0.1) is 0 Å². The molecule has 4 nitrogen and oxygen atoms in total. The summed E-state index contributed by atoms with van der Waals surface area (Å²) in [7, 11) is 0. The number of benzene rings is 2. The van der Waals surface area contributed by atoms with Crippen molar-refractivity contribution in [2.24, 2.45) is 5.92 Å². The molecule has 1 N–H and O–H groups in total. The predicted octanol–water partition coefficient (Wildman–Crippen LogP) is 3.31. The molecule has 4 heteroatoms. The molecule has 0 unspecified atom stereocenters. The van der Waals surface area contributed by atoms with Crippen LogP contribution in [0.25, 0.3) is 0 Å². The molecule has 0 spiro atoms. The molecule has 2 aromatic rings. The van der Waals surface area contributed by atoms with Crippen LogP contribution in [-0.2, 0) is 4.79 Å². The zero-order valence-corrected chi connectivity index (χ0v) is 16.8. The van der Waals surface area contributed by atoms with Crippen LogP contribution in [0.2, 0.25) is 0 Å². The van der Waals surface area contributed by atoms with Crippen molar-refractivity contribution in [3.05, 3.63) is 71.8 Å². The first-order valence-electron chi connectivity index (χ1n) is 10.6. The summed E-state index contributed by atoms with van der Waals surface area (Å²) in [5.41, 5.74) is 2.66. The Hall–Kier alpha value is -2.17. The normalized spacial score (nSPS) is 19.5. The Kier molecular flexibility index (Phi) is 6.08. The molecule has 2 fully saturated rings. The van der Waals surface area contributed by atoms with Crippen LogP contribution < -0.4 is 5.32 Å². The van der Waals surface area contributed by atoms with E-state index in [1.807, 2.05) is 0 Å². The molecule has 0 aromatic heterocycles. The van der Waals surface area contributed by atoms with Gasteiger partial charge in [0.1, 0.15) is 0 Å². The molecule has 4 rings (SSSR count). The third-order valence-electron chi connectivity index (χ3n) is 6.09. The fourth-order valence-corrected chi connectivity index (χ4v) is 4.28. The van der Waals surface area contributed by atoms with Crippen LogP contribution >= 0.6 is 0 Å². The molecule has 148 valence electrons. The highest BCUT2D eigenvalue weighted by Crippen LogP contribution is 2.32. The lowest BCUT2D eigenvalue weighted by Gasteiger charge is -2.39. The summed E-state index contributed by atoms with van der Waals surface area (Å²) < 4.78 is 0. The largest absolute Gasteiger partial charge is 0.352 e. The van der Waals surface area contributed by atoms with E-state index in [0.717, 1.165) is 26.2 Å². The van der Waals surface area contributed by atoms with Crippen LogP contribution in [0, 0.1) is 5.92 Å². The topological polar surface area (TPSA) is 35.6 Å². The summed E-state index contributed by atoms with van der Waals surface area (Å²) in [6.07, 6.45) is 2.53. The fourth-order valence-electron chi connectivity index (χ4n) is 4.28. The smallest absolute Gasteiger partial charge is 0.234 e. The molecular weight excluding hydrogens is 346 g/mol. The van der Waals surface area contributed by atoms with Crippen LogP contribution in [0.4, 0.5) is 0 Å². The number of nitrogens with zero attached hydrogens (tertiary/aromatic N) is 2. The third-order valence-corrected chi connectivity index (χ3v) is 6.09. The van der Waals surface area contributed by atoms with Crippen LogP contribution in [0.1, 0.15) is 36.9 Å². The Morgan fingerprint density at radius 3 is 1.96 bits per heavy atom. The number of piperazine rings is 1. The molecule has 1 aliphatic heterocycles. The lowest BCUT2D eigenvalue weighted by molar-refractivity contribution is -0.123. The first kappa shape index (κ1) is 19.2. The molecule has 1 aliphatic carbocycles. The minimum absolute atomic E-state index is 0.176. The van der Waals surface area contributed by atoms with Crippen LogP contribution in [-0.4, -0.2) is 54.5 Å². The van der Waals surface area contributed by atoms with Crippen LogP contribution in [0.3, 0.4) is 0 Å². The van der Waals surface area contributed by atoms with Gasteiger partial charge in [0.25, 0.3) is 0 Å². The Labute approximate surface area is 168 Å². The highest BCUT2D eigenvalue weighted by atomic mass is 16.2. The average molecular weight is 378 g/mol. The molecule has 0 bridgehead atoms. The van der Waals surface area contributed by atoms with E-state index in [-0.39, 0.29) is 11.9 Å². The van der Waals surface area contributed by atoms with Crippen molar-refractivity contribution in [1.82, 2.24) is 15.1 Å². The van der Waals surface area contributed by atoms with Crippen molar-refractivity contribution in [2.45, 2.75) is 31.8 Å². The number of carbonyl (C=O) groups is 1. The molecule has 1 heterocycles. The SMILES string of the molecule is C[C@@H](NC(=O)CN1CCN(C(c2ccccc2)c2ccccc2)CC1)C1CC1. The van der Waals surface area contributed by atoms with Crippen molar-refractivity contribution in [3.8, 4) is 0 Å². The van der Waals surface area contributed by atoms with Gasteiger partial charge in [0.05, 0.1) is 12.6 Å². The van der Waals surface area contributed by atoms with E-state index >= 15 is 0 Å². The maximum absolute atomic E-state index is 12.3. The van der Waals surface area contributed by atoms with Gasteiger partial charge in [-0.25, -0.2) is 0 Å². The van der Waals surface area contributed by atoms with E-state index in [4.69, 9.17) is 0 Å². The lowest BCUT2D eigenvalue weighted by Crippen LogP contribution is -2.51. The summed E-state index contributed by atoms with van der Waals surface area (Å²) in [5.74, 6) is 0.883. The Morgan fingerprint density at radius 2 is 1.46 bits per heavy atom. The highest BCUT2D eigenvalue weighted by Gasteiger charge is 2.30. The minimum Gasteiger partial charge on any atom is -0.352 e. The standard InChI is InChI=1S/C24H31N3O/c1-19(20-12-13-20)25-23(28)18-26-14-16-27(17-15-26)24(21-8-4-2-5-9-21)22-10-6-3-7-11-22/h2-11,19-20,24H,12-18H2,1H3,(H,25,28)/t19-/m1/s1. The Morgan fingerprint density at radius 1 is 0.929 bits per heavy atom. The van der Waals surface area contributed by atoms with Gasteiger partial charge < -0.3 is 5.32 Å². The van der Waals surface area contributed by atoms with Gasteiger partial charge in [0, 0.05) is 32.2 Å². The fraction of sp³-hybridized carbons (Fsp3) is 0.458. The number of hydrogen-bond donors (Lipinski definition) is 1. The minimum atomic E-state index is 0.176. The van der Waals surface area contributed by atoms with Gasteiger partial charge in [0.2, 0.25) is 5.91 Å². The van der Waals surface area contributed by atoms with Crippen LogP contribution in [0.5, 0.6) is 0 Å². The van der Waals surface area contributed by atoms with E-state index in [0.29, 0.717) is 18.5 Å². The second-order valence-corrected chi connectivity index (χ2v) is 8.23. The first-order valence-corrected chi connectivity index (χ1v) is 10.6. The van der Waals surface area contributed by atoms with Crippen molar-refractivity contribution in [2.75, 3.05) is 32.7 Å². The third kappa shape index (κ3) is 4.81. The quantitative estimate of drug-likeness (QED) is 0.804. The van der Waals surface area contributed by atoms with Crippen molar-refractivity contribution in [3.63, 3.8) is 0 Å². The van der Waals surface area contributed by atoms with Crippen LogP contribution in [0.15, 0.2) is 60.7 Å². The summed E-state index contributed by atoms with van der Waals surface area (Å²) >= 11 is 0. The Bertz CT molecular complexity index is 712. The average Bonchev–Trinajstić information content (AvgIpc) is 3.57. The molecule has 2 aromatic carbocycles. The number of nitrogens with one attached hydrogen (secondary N) is 1. The zero-order chi connectivity index (χ0) is 19.3. The summed E-state index contributed by atoms with van der Waals surface area (Å²) in [5, 5.41) is 3.18. The molecule has 1 saturated carbocycles. The highest BCUT2D eigenvalue weighted by molar-refractivity contribution is 5.78. The molecule has 1 saturated heterocycles. The maximum atomic E-state index is 12.3. The monoisotopic (exact) mass is 377 g/mol. The Balaban J connectivity index is 1.37.